The Bertz CT molecular complexity index is 136. The van der Waals surface area contributed by atoms with E-state index in [9.17, 15) is 0 Å². The number of rotatable bonds is 4. The zero-order chi connectivity index (χ0) is 8.10. The molecule has 1 aliphatic rings. The average Bonchev–Trinajstić information content (AvgIpc) is 2.39. The van der Waals surface area contributed by atoms with Crippen molar-refractivity contribution >= 4 is 15.9 Å². The van der Waals surface area contributed by atoms with Crippen LogP contribution in [0.25, 0.3) is 0 Å². The first-order valence-electron chi connectivity index (χ1n) is 4.61. The van der Waals surface area contributed by atoms with Crippen LogP contribution in [0.1, 0.15) is 45.4 Å². The molecule has 0 aromatic rings. The van der Waals surface area contributed by atoms with Crippen LogP contribution < -0.4 is 0 Å². The molecular formula is C10H17Br. The molecule has 0 saturated carbocycles. The van der Waals surface area contributed by atoms with Crippen molar-refractivity contribution < 1.29 is 0 Å². The highest BCUT2D eigenvalue weighted by molar-refractivity contribution is 9.09. The van der Waals surface area contributed by atoms with Crippen LogP contribution in [0.5, 0.6) is 0 Å². The molecule has 0 aromatic heterocycles. The van der Waals surface area contributed by atoms with Crippen molar-refractivity contribution in [2.24, 2.45) is 0 Å². The van der Waals surface area contributed by atoms with Crippen molar-refractivity contribution in [1.29, 1.82) is 0 Å². The summed E-state index contributed by atoms with van der Waals surface area (Å²) in [6.45, 7) is 2.23. The monoisotopic (exact) mass is 216 g/mol. The molecule has 0 heterocycles. The van der Waals surface area contributed by atoms with Gasteiger partial charge in [-0.2, -0.15) is 0 Å². The van der Waals surface area contributed by atoms with Crippen LogP contribution in [0, 0.1) is 0 Å². The van der Waals surface area contributed by atoms with Crippen molar-refractivity contribution in [1.82, 2.24) is 0 Å². The molecule has 11 heavy (non-hydrogen) atoms. The molecule has 1 rings (SSSR count). The Labute approximate surface area is 78.2 Å². The van der Waals surface area contributed by atoms with Crippen LogP contribution in [0.2, 0.25) is 0 Å². The van der Waals surface area contributed by atoms with Crippen molar-refractivity contribution in [2.75, 3.05) is 0 Å². The third-order valence-corrected chi connectivity index (χ3v) is 2.69. The zero-order valence-corrected chi connectivity index (χ0v) is 8.86. The quantitative estimate of drug-likeness (QED) is 0.492. The van der Waals surface area contributed by atoms with Crippen molar-refractivity contribution in [3.05, 3.63) is 11.6 Å². The van der Waals surface area contributed by atoms with E-state index < -0.39 is 0 Å². The Kier molecular flexibility index (Phi) is 4.21. The number of alkyl halides is 1. The third kappa shape index (κ3) is 3.95. The lowest BCUT2D eigenvalue weighted by molar-refractivity contribution is 0.716. The maximum atomic E-state index is 3.56. The van der Waals surface area contributed by atoms with Gasteiger partial charge in [-0.1, -0.05) is 34.5 Å². The topological polar surface area (TPSA) is 0 Å². The van der Waals surface area contributed by atoms with Gasteiger partial charge in [0.15, 0.2) is 0 Å². The summed E-state index contributed by atoms with van der Waals surface area (Å²) in [6.07, 6.45) is 10.6. The lowest BCUT2D eigenvalue weighted by Gasteiger charge is -2.03. The molecule has 0 nitrogen and oxygen atoms in total. The summed E-state index contributed by atoms with van der Waals surface area (Å²) in [4.78, 5) is 0.699. The molecule has 0 amide bonds. The molecule has 0 bridgehead atoms. The van der Waals surface area contributed by atoms with Gasteiger partial charge in [0.25, 0.3) is 0 Å². The van der Waals surface area contributed by atoms with E-state index in [-0.39, 0.29) is 0 Å². The molecular weight excluding hydrogens is 200 g/mol. The normalized spacial score (nSPS) is 20.0. The van der Waals surface area contributed by atoms with E-state index in [0.29, 0.717) is 4.83 Å². The van der Waals surface area contributed by atoms with Crippen LogP contribution in [0.3, 0.4) is 0 Å². The zero-order valence-electron chi connectivity index (χ0n) is 7.28. The van der Waals surface area contributed by atoms with Crippen LogP contribution in [0.15, 0.2) is 11.6 Å². The third-order valence-electron chi connectivity index (χ3n) is 2.23. The van der Waals surface area contributed by atoms with Gasteiger partial charge in [-0.05, 0) is 38.5 Å². The van der Waals surface area contributed by atoms with Crippen LogP contribution >= 0.6 is 15.9 Å². The number of halogens is 1. The van der Waals surface area contributed by atoms with E-state index in [4.69, 9.17) is 0 Å². The highest BCUT2D eigenvalue weighted by Gasteiger charge is 2.04. The number of hydrogen-bond acceptors (Lipinski definition) is 0. The van der Waals surface area contributed by atoms with Gasteiger partial charge >= 0.3 is 0 Å². The second-order valence-electron chi connectivity index (χ2n) is 3.43. The van der Waals surface area contributed by atoms with Crippen LogP contribution in [-0.2, 0) is 0 Å². The minimum absolute atomic E-state index is 0.699. The molecule has 0 radical (unpaired) electrons. The summed E-state index contributed by atoms with van der Waals surface area (Å²) in [5.74, 6) is 0. The summed E-state index contributed by atoms with van der Waals surface area (Å²) in [7, 11) is 0. The molecule has 1 aliphatic carbocycles. The van der Waals surface area contributed by atoms with E-state index in [1.807, 2.05) is 0 Å². The van der Waals surface area contributed by atoms with Crippen LogP contribution in [-0.4, -0.2) is 4.83 Å². The fourth-order valence-corrected chi connectivity index (χ4v) is 1.90. The molecule has 0 fully saturated rings. The number of allylic oxidation sites excluding steroid dienone is 2. The van der Waals surface area contributed by atoms with E-state index in [1.165, 1.54) is 38.5 Å². The molecule has 0 aromatic carbocycles. The second-order valence-corrected chi connectivity index (χ2v) is 4.99. The fourth-order valence-electron chi connectivity index (χ4n) is 1.57. The lowest BCUT2D eigenvalue weighted by Crippen LogP contribution is -1.89. The first-order valence-corrected chi connectivity index (χ1v) is 5.52. The van der Waals surface area contributed by atoms with Crippen molar-refractivity contribution in [2.45, 2.75) is 50.3 Å². The molecule has 0 saturated heterocycles. The Balaban J connectivity index is 2.03. The highest BCUT2D eigenvalue weighted by Crippen LogP contribution is 2.23. The standard InChI is InChI=1S/C10H17Br/c1-9(11)5-4-8-10-6-2-3-7-10/h6,9H,2-5,7-8H2,1H3. The van der Waals surface area contributed by atoms with E-state index >= 15 is 0 Å². The Hall–Kier alpha value is 0.220. The summed E-state index contributed by atoms with van der Waals surface area (Å²) in [5.41, 5.74) is 1.71. The van der Waals surface area contributed by atoms with Crippen molar-refractivity contribution in [3.8, 4) is 0 Å². The lowest BCUT2D eigenvalue weighted by atomic mass is 10.1. The highest BCUT2D eigenvalue weighted by atomic mass is 79.9. The summed E-state index contributed by atoms with van der Waals surface area (Å²) >= 11 is 3.56. The van der Waals surface area contributed by atoms with E-state index in [1.54, 1.807) is 5.57 Å². The molecule has 0 spiro atoms. The van der Waals surface area contributed by atoms with Gasteiger partial charge in [0.1, 0.15) is 0 Å². The van der Waals surface area contributed by atoms with Crippen LogP contribution in [0.4, 0.5) is 0 Å². The molecule has 64 valence electrons. The minimum Gasteiger partial charge on any atom is -0.0894 e. The van der Waals surface area contributed by atoms with Gasteiger partial charge < -0.3 is 0 Å². The van der Waals surface area contributed by atoms with Gasteiger partial charge in [-0.25, -0.2) is 0 Å². The summed E-state index contributed by atoms with van der Waals surface area (Å²) in [6, 6.07) is 0. The fraction of sp³-hybridized carbons (Fsp3) is 0.800. The number of hydrogen-bond donors (Lipinski definition) is 0. The summed E-state index contributed by atoms with van der Waals surface area (Å²) in [5, 5.41) is 0. The van der Waals surface area contributed by atoms with Gasteiger partial charge in [0.05, 0.1) is 0 Å². The Morgan fingerprint density at radius 1 is 1.64 bits per heavy atom. The van der Waals surface area contributed by atoms with E-state index in [0.717, 1.165) is 0 Å². The predicted molar refractivity (Wildman–Crippen MR) is 54.2 cm³/mol. The maximum Gasteiger partial charge on any atom is 0.0117 e. The molecule has 1 atom stereocenters. The van der Waals surface area contributed by atoms with Gasteiger partial charge in [-0.15, -0.1) is 0 Å². The maximum absolute atomic E-state index is 3.56. The van der Waals surface area contributed by atoms with Gasteiger partial charge in [0, 0.05) is 4.83 Å². The smallest absolute Gasteiger partial charge is 0.0117 e. The predicted octanol–water partition coefficient (Wildman–Crippen LogP) is 4.05. The SMILES string of the molecule is CC(Br)CCCC1=CCCC1. The van der Waals surface area contributed by atoms with E-state index in [2.05, 4.69) is 28.9 Å². The Morgan fingerprint density at radius 2 is 2.45 bits per heavy atom. The van der Waals surface area contributed by atoms with Crippen molar-refractivity contribution in [3.63, 3.8) is 0 Å². The Morgan fingerprint density at radius 3 is 3.00 bits per heavy atom. The summed E-state index contributed by atoms with van der Waals surface area (Å²) < 4.78 is 0. The largest absolute Gasteiger partial charge is 0.0894 e. The molecule has 0 aliphatic heterocycles. The van der Waals surface area contributed by atoms with Gasteiger partial charge in [0.2, 0.25) is 0 Å². The van der Waals surface area contributed by atoms with Gasteiger partial charge in [-0.3, -0.25) is 0 Å². The molecule has 1 heteroatoms. The second kappa shape index (κ2) is 4.97. The molecule has 1 unspecified atom stereocenters. The molecule has 0 N–H and O–H groups in total. The minimum atomic E-state index is 0.699. The first kappa shape index (κ1) is 9.31. The average molecular weight is 217 g/mol. The first-order chi connectivity index (χ1) is 5.29.